The Bertz CT molecular complexity index is 1280. The molecule has 0 unspecified atom stereocenters. The van der Waals surface area contributed by atoms with Crippen LogP contribution in [0.2, 0.25) is 0 Å². The monoisotopic (exact) mass is 386 g/mol. The number of halogens is 1. The third-order valence-corrected chi connectivity index (χ3v) is 5.47. The second-order valence-corrected chi connectivity index (χ2v) is 7.49. The average Bonchev–Trinajstić information content (AvgIpc) is 3.22. The summed E-state index contributed by atoms with van der Waals surface area (Å²) < 4.78 is 15.8. The predicted octanol–water partition coefficient (Wildman–Crippen LogP) is 4.24. The van der Waals surface area contributed by atoms with Crippen molar-refractivity contribution in [3.8, 4) is 11.1 Å². The van der Waals surface area contributed by atoms with E-state index in [0.717, 1.165) is 33.3 Å². The van der Waals surface area contributed by atoms with Crippen LogP contribution in [-0.4, -0.2) is 25.6 Å². The number of pyridine rings is 1. The number of benzene rings is 2. The number of fused-ring (bicyclic) bond motifs is 2. The van der Waals surface area contributed by atoms with Gasteiger partial charge in [0.15, 0.2) is 0 Å². The molecule has 2 aromatic heterocycles. The number of carbonyl (C=O) groups excluding carboxylic acids is 1. The van der Waals surface area contributed by atoms with E-state index >= 15 is 0 Å². The molecule has 0 spiro atoms. The third kappa shape index (κ3) is 2.97. The number of aromatic nitrogens is 3. The molecule has 0 fully saturated rings. The minimum atomic E-state index is -0.305. The van der Waals surface area contributed by atoms with Gasteiger partial charge in [0.2, 0.25) is 0 Å². The molecule has 0 bridgehead atoms. The molecule has 5 rings (SSSR count). The molecule has 2 aromatic carbocycles. The Morgan fingerprint density at radius 1 is 1.14 bits per heavy atom. The van der Waals surface area contributed by atoms with Gasteiger partial charge < -0.3 is 4.90 Å². The molecule has 0 N–H and O–H groups in total. The van der Waals surface area contributed by atoms with Crippen LogP contribution >= 0.6 is 0 Å². The Hall–Kier alpha value is -3.54. The van der Waals surface area contributed by atoms with Gasteiger partial charge in [0.1, 0.15) is 5.82 Å². The van der Waals surface area contributed by atoms with Crippen molar-refractivity contribution in [3.05, 3.63) is 83.1 Å². The summed E-state index contributed by atoms with van der Waals surface area (Å²) in [4.78, 5) is 18.7. The van der Waals surface area contributed by atoms with Crippen LogP contribution < -0.4 is 0 Å². The number of carbonyl (C=O) groups is 1. The molecule has 0 radical (unpaired) electrons. The molecule has 1 aliphatic heterocycles. The van der Waals surface area contributed by atoms with Crippen LogP contribution in [0, 0.1) is 12.7 Å². The maximum absolute atomic E-state index is 14.1. The molecular formula is C23H19FN4O. The topological polar surface area (TPSA) is 51.0 Å². The molecule has 6 heteroatoms. The Morgan fingerprint density at radius 3 is 2.79 bits per heavy atom. The molecule has 29 heavy (non-hydrogen) atoms. The fourth-order valence-corrected chi connectivity index (χ4v) is 4.00. The van der Waals surface area contributed by atoms with Crippen LogP contribution in [0.15, 0.2) is 54.9 Å². The lowest BCUT2D eigenvalue weighted by molar-refractivity contribution is 0.0766. The number of amides is 1. The SMILES string of the molecule is Cc1cc(-c2cc(F)cc3nn(C)cc23)ccc1CN1Cc2ncccc2C1=O. The van der Waals surface area contributed by atoms with Crippen molar-refractivity contribution in [1.82, 2.24) is 19.7 Å². The van der Waals surface area contributed by atoms with Crippen LogP contribution in [0.4, 0.5) is 4.39 Å². The largest absolute Gasteiger partial charge is 0.328 e. The second kappa shape index (κ2) is 6.51. The van der Waals surface area contributed by atoms with Crippen molar-refractivity contribution in [2.75, 3.05) is 0 Å². The Morgan fingerprint density at radius 2 is 2.00 bits per heavy atom. The van der Waals surface area contributed by atoms with Gasteiger partial charge in [0.05, 0.1) is 23.3 Å². The highest BCUT2D eigenvalue weighted by molar-refractivity contribution is 5.98. The van der Waals surface area contributed by atoms with Gasteiger partial charge in [-0.1, -0.05) is 18.2 Å². The van der Waals surface area contributed by atoms with Gasteiger partial charge in [-0.15, -0.1) is 0 Å². The maximum atomic E-state index is 14.1. The van der Waals surface area contributed by atoms with E-state index in [0.29, 0.717) is 24.2 Å². The van der Waals surface area contributed by atoms with Crippen LogP contribution in [0.5, 0.6) is 0 Å². The molecule has 0 atom stereocenters. The summed E-state index contributed by atoms with van der Waals surface area (Å²) in [5.74, 6) is -0.292. The van der Waals surface area contributed by atoms with Crippen molar-refractivity contribution >= 4 is 16.8 Å². The standard InChI is InChI=1S/C23H19FN4O/c1-14-8-15(19-9-17(24)10-21-20(19)12-27(2)26-21)5-6-16(14)11-28-13-22-18(23(28)29)4-3-7-25-22/h3-10,12H,11,13H2,1-2H3. The Labute approximate surface area is 167 Å². The molecule has 1 aliphatic rings. The second-order valence-electron chi connectivity index (χ2n) is 7.49. The van der Waals surface area contributed by atoms with Crippen molar-refractivity contribution in [2.45, 2.75) is 20.0 Å². The van der Waals surface area contributed by atoms with Gasteiger partial charge in [-0.25, -0.2) is 4.39 Å². The number of nitrogens with zero attached hydrogens (tertiary/aromatic N) is 4. The highest BCUT2D eigenvalue weighted by Crippen LogP contribution is 2.31. The fourth-order valence-electron chi connectivity index (χ4n) is 4.00. The number of hydrogen-bond donors (Lipinski definition) is 0. The summed E-state index contributed by atoms with van der Waals surface area (Å²) in [7, 11) is 1.83. The van der Waals surface area contributed by atoms with Gasteiger partial charge in [-0.3, -0.25) is 14.5 Å². The Kier molecular flexibility index (Phi) is 3.94. The van der Waals surface area contributed by atoms with Crippen LogP contribution in [0.25, 0.3) is 22.0 Å². The summed E-state index contributed by atoms with van der Waals surface area (Å²) >= 11 is 0. The van der Waals surface area contributed by atoms with Gasteiger partial charge in [0, 0.05) is 37.4 Å². The van der Waals surface area contributed by atoms with Gasteiger partial charge in [-0.2, -0.15) is 5.10 Å². The molecule has 5 nitrogen and oxygen atoms in total. The molecule has 0 aliphatic carbocycles. The van der Waals surface area contributed by atoms with E-state index in [1.807, 2.05) is 44.4 Å². The summed E-state index contributed by atoms with van der Waals surface area (Å²) in [6.07, 6.45) is 3.62. The van der Waals surface area contributed by atoms with Crippen molar-refractivity contribution in [1.29, 1.82) is 0 Å². The minimum Gasteiger partial charge on any atom is -0.328 e. The zero-order chi connectivity index (χ0) is 20.1. The molecule has 0 saturated carbocycles. The van der Waals surface area contributed by atoms with Gasteiger partial charge >= 0.3 is 0 Å². The van der Waals surface area contributed by atoms with Crippen molar-refractivity contribution in [2.24, 2.45) is 7.05 Å². The first kappa shape index (κ1) is 17.6. The molecule has 0 saturated heterocycles. The van der Waals surface area contributed by atoms with Crippen molar-refractivity contribution in [3.63, 3.8) is 0 Å². The Balaban J connectivity index is 1.47. The summed E-state index contributed by atoms with van der Waals surface area (Å²) in [6.45, 7) is 3.06. The number of aryl methyl sites for hydroxylation is 2. The first-order valence-electron chi connectivity index (χ1n) is 9.45. The maximum Gasteiger partial charge on any atom is 0.256 e. The van der Waals surface area contributed by atoms with E-state index in [-0.39, 0.29) is 11.7 Å². The van der Waals surface area contributed by atoms with E-state index in [9.17, 15) is 9.18 Å². The average molecular weight is 386 g/mol. The van der Waals surface area contributed by atoms with E-state index < -0.39 is 0 Å². The number of rotatable bonds is 3. The quantitative estimate of drug-likeness (QED) is 0.529. The fraction of sp³-hybridized carbons (Fsp3) is 0.174. The lowest BCUT2D eigenvalue weighted by Gasteiger charge is -2.18. The van der Waals surface area contributed by atoms with E-state index in [1.54, 1.807) is 27.9 Å². The number of hydrogen-bond acceptors (Lipinski definition) is 3. The summed E-state index contributed by atoms with van der Waals surface area (Å²) in [6, 6.07) is 12.6. The van der Waals surface area contributed by atoms with Crippen LogP contribution in [0.3, 0.4) is 0 Å². The van der Waals surface area contributed by atoms with E-state index in [4.69, 9.17) is 0 Å². The summed E-state index contributed by atoms with van der Waals surface area (Å²) in [5.41, 5.74) is 6.01. The molecule has 144 valence electrons. The molecule has 1 amide bonds. The minimum absolute atomic E-state index is 0.0128. The lowest BCUT2D eigenvalue weighted by Crippen LogP contribution is -2.23. The lowest BCUT2D eigenvalue weighted by atomic mass is 9.97. The van der Waals surface area contributed by atoms with Crippen LogP contribution in [-0.2, 0) is 20.1 Å². The van der Waals surface area contributed by atoms with Crippen LogP contribution in [0.1, 0.15) is 27.2 Å². The highest BCUT2D eigenvalue weighted by Gasteiger charge is 2.28. The smallest absolute Gasteiger partial charge is 0.256 e. The van der Waals surface area contributed by atoms with Gasteiger partial charge in [0.25, 0.3) is 5.91 Å². The summed E-state index contributed by atoms with van der Waals surface area (Å²) in [5, 5.41) is 5.24. The van der Waals surface area contributed by atoms with Crippen molar-refractivity contribution < 1.29 is 9.18 Å². The molecule has 4 aromatic rings. The normalized spacial score (nSPS) is 13.3. The predicted molar refractivity (Wildman–Crippen MR) is 109 cm³/mol. The third-order valence-electron chi connectivity index (χ3n) is 5.47. The van der Waals surface area contributed by atoms with Gasteiger partial charge in [-0.05, 0) is 47.4 Å². The highest BCUT2D eigenvalue weighted by atomic mass is 19.1. The zero-order valence-electron chi connectivity index (χ0n) is 16.2. The zero-order valence-corrected chi connectivity index (χ0v) is 16.2. The molecule has 3 heterocycles. The first-order chi connectivity index (χ1) is 14.0. The first-order valence-corrected chi connectivity index (χ1v) is 9.45. The van der Waals surface area contributed by atoms with E-state index in [1.165, 1.54) is 6.07 Å². The molecular weight excluding hydrogens is 367 g/mol. The van der Waals surface area contributed by atoms with E-state index in [2.05, 4.69) is 10.1 Å².